The maximum absolute atomic E-state index is 13.7. The fourth-order valence-corrected chi connectivity index (χ4v) is 8.28. The number of benzene rings is 1. The van der Waals surface area contributed by atoms with Crippen LogP contribution in [0.2, 0.25) is 0 Å². The highest BCUT2D eigenvalue weighted by Gasteiger charge is 2.76. The van der Waals surface area contributed by atoms with Crippen LogP contribution in [0.25, 0.3) is 0 Å². The third-order valence-corrected chi connectivity index (χ3v) is 9.41. The molecule has 0 radical (unpaired) electrons. The van der Waals surface area contributed by atoms with Gasteiger partial charge in [-0.25, -0.2) is 0 Å². The van der Waals surface area contributed by atoms with Crippen molar-refractivity contribution < 1.29 is 19.5 Å². The lowest BCUT2D eigenvalue weighted by Crippen LogP contribution is -2.58. The Hall–Kier alpha value is -2.06. The van der Waals surface area contributed by atoms with Crippen molar-refractivity contribution >= 4 is 29.5 Å². The molecule has 3 N–H and O–H groups in total. The minimum atomic E-state index is -0.708. The van der Waals surface area contributed by atoms with Crippen LogP contribution in [0, 0.1) is 17.8 Å². The number of aliphatic hydroxyl groups is 1. The molecule has 3 fully saturated rings. The van der Waals surface area contributed by atoms with Gasteiger partial charge in [0.2, 0.25) is 17.7 Å². The first kappa shape index (κ1) is 23.1. The van der Waals surface area contributed by atoms with Crippen LogP contribution in [0.5, 0.6) is 0 Å². The van der Waals surface area contributed by atoms with E-state index >= 15 is 0 Å². The smallest absolute Gasteiger partial charge is 0.244 e. The molecule has 4 rings (SSSR count). The Bertz CT molecular complexity index is 881. The van der Waals surface area contributed by atoms with Crippen molar-refractivity contribution in [3.8, 4) is 0 Å². The van der Waals surface area contributed by atoms with Gasteiger partial charge in [-0.1, -0.05) is 44.2 Å². The number of nitrogens with one attached hydrogen (secondary N) is 2. The van der Waals surface area contributed by atoms with Gasteiger partial charge < -0.3 is 20.6 Å². The second-order valence-corrected chi connectivity index (χ2v) is 10.9. The molecule has 3 unspecified atom stereocenters. The molecule has 1 aromatic rings. The highest BCUT2D eigenvalue weighted by Crippen LogP contribution is 2.68. The predicted octanol–water partition coefficient (Wildman–Crippen LogP) is 1.55. The van der Waals surface area contributed by atoms with Crippen LogP contribution in [0.15, 0.2) is 30.3 Å². The van der Waals surface area contributed by atoms with Crippen molar-refractivity contribution in [2.45, 2.75) is 62.2 Å². The second-order valence-electron chi connectivity index (χ2n) is 9.32. The molecule has 0 aliphatic carbocycles. The Kier molecular flexibility index (Phi) is 6.54. The molecule has 32 heavy (non-hydrogen) atoms. The fourth-order valence-electron chi connectivity index (χ4n) is 5.87. The van der Waals surface area contributed by atoms with Gasteiger partial charge in [-0.15, -0.1) is 11.8 Å². The Labute approximate surface area is 193 Å². The SMILES string of the molecule is CCCNC(=O)[C@@H]1[C@@H]2CC(C)C3(S2)C(C(=O)NCc2ccccc2)N([C@H](C)CO)C(=O)[C@H]13. The number of carbonyl (C=O) groups is 3. The maximum Gasteiger partial charge on any atom is 0.244 e. The van der Waals surface area contributed by atoms with Crippen molar-refractivity contribution in [1.29, 1.82) is 0 Å². The molecular formula is C24H33N3O4S. The summed E-state index contributed by atoms with van der Waals surface area (Å²) in [5.41, 5.74) is 0.981. The van der Waals surface area contributed by atoms with Gasteiger partial charge in [0, 0.05) is 18.3 Å². The topological polar surface area (TPSA) is 98.7 Å². The van der Waals surface area contributed by atoms with Crippen LogP contribution in [0.3, 0.4) is 0 Å². The van der Waals surface area contributed by atoms with Gasteiger partial charge in [0.25, 0.3) is 0 Å². The van der Waals surface area contributed by atoms with Gasteiger partial charge in [-0.3, -0.25) is 14.4 Å². The van der Waals surface area contributed by atoms with E-state index in [1.807, 2.05) is 37.3 Å². The van der Waals surface area contributed by atoms with Gasteiger partial charge in [0.15, 0.2) is 0 Å². The molecule has 7 atom stereocenters. The summed E-state index contributed by atoms with van der Waals surface area (Å²) in [6.07, 6.45) is 1.64. The summed E-state index contributed by atoms with van der Waals surface area (Å²) in [6.45, 7) is 6.58. The normalized spacial score (nSPS) is 33.8. The van der Waals surface area contributed by atoms with Crippen LogP contribution in [0.4, 0.5) is 0 Å². The van der Waals surface area contributed by atoms with Crippen LogP contribution >= 0.6 is 11.8 Å². The van der Waals surface area contributed by atoms with E-state index < -0.39 is 28.7 Å². The molecular weight excluding hydrogens is 426 g/mol. The number of hydrogen-bond donors (Lipinski definition) is 3. The summed E-state index contributed by atoms with van der Waals surface area (Å²) in [5, 5.41) is 15.9. The van der Waals surface area contributed by atoms with Crippen molar-refractivity contribution in [3.63, 3.8) is 0 Å². The average molecular weight is 460 g/mol. The predicted molar refractivity (Wildman–Crippen MR) is 124 cm³/mol. The van der Waals surface area contributed by atoms with E-state index in [4.69, 9.17) is 0 Å². The van der Waals surface area contributed by atoms with Crippen LogP contribution in [-0.4, -0.2) is 63.0 Å². The summed E-state index contributed by atoms with van der Waals surface area (Å²) in [5.74, 6) is -1.33. The minimum absolute atomic E-state index is 0.0341. The van der Waals surface area contributed by atoms with E-state index in [2.05, 4.69) is 17.6 Å². The zero-order valence-corrected chi connectivity index (χ0v) is 19.7. The Morgan fingerprint density at radius 1 is 1.25 bits per heavy atom. The molecule has 2 bridgehead atoms. The maximum atomic E-state index is 13.7. The standard InChI is InChI=1S/C24H33N3O4S/c1-4-10-25-21(29)18-17-11-14(2)24(32-17)19(18)23(31)27(15(3)13-28)20(24)22(30)26-12-16-8-6-5-7-9-16/h5-9,14-15,17-20,28H,4,10-13H2,1-3H3,(H,25,29)(H,26,30)/t14?,15-,17+,18-,19+,20?,24?/m1/s1. The number of amides is 3. The number of hydrogen-bond acceptors (Lipinski definition) is 5. The van der Waals surface area contributed by atoms with Crippen molar-refractivity contribution in [3.05, 3.63) is 35.9 Å². The van der Waals surface area contributed by atoms with Crippen LogP contribution < -0.4 is 10.6 Å². The number of likely N-dealkylation sites (tertiary alicyclic amines) is 1. The third-order valence-electron chi connectivity index (χ3n) is 7.33. The highest BCUT2D eigenvalue weighted by molar-refractivity contribution is 8.02. The van der Waals surface area contributed by atoms with Gasteiger partial charge >= 0.3 is 0 Å². The monoisotopic (exact) mass is 459 g/mol. The summed E-state index contributed by atoms with van der Waals surface area (Å²) in [7, 11) is 0. The van der Waals surface area contributed by atoms with Crippen LogP contribution in [0.1, 0.15) is 39.2 Å². The lowest BCUT2D eigenvalue weighted by Gasteiger charge is -2.39. The largest absolute Gasteiger partial charge is 0.394 e. The number of aliphatic hydroxyl groups excluding tert-OH is 1. The molecule has 7 nitrogen and oxygen atoms in total. The summed E-state index contributed by atoms with van der Waals surface area (Å²) < 4.78 is -0.653. The number of fused-ring (bicyclic) bond motifs is 1. The van der Waals surface area contributed by atoms with E-state index in [0.717, 1.165) is 18.4 Å². The van der Waals surface area contributed by atoms with Gasteiger partial charge in [0.1, 0.15) is 6.04 Å². The Morgan fingerprint density at radius 3 is 2.62 bits per heavy atom. The number of carbonyl (C=O) groups excluding carboxylic acids is 3. The van der Waals surface area contributed by atoms with E-state index in [9.17, 15) is 19.5 Å². The lowest BCUT2D eigenvalue weighted by atomic mass is 9.66. The van der Waals surface area contributed by atoms with Crippen LogP contribution in [-0.2, 0) is 20.9 Å². The summed E-state index contributed by atoms with van der Waals surface area (Å²) >= 11 is 1.66. The van der Waals surface area contributed by atoms with Gasteiger partial charge in [-0.05, 0) is 31.2 Å². The molecule has 1 spiro atoms. The molecule has 8 heteroatoms. The molecule has 3 aliphatic rings. The molecule has 3 amide bonds. The van der Waals surface area contributed by atoms with Crippen molar-refractivity contribution in [1.82, 2.24) is 15.5 Å². The first-order chi connectivity index (χ1) is 15.4. The summed E-state index contributed by atoms with van der Waals surface area (Å²) in [4.78, 5) is 42.0. The molecule has 3 saturated heterocycles. The average Bonchev–Trinajstić information content (AvgIpc) is 3.39. The van der Waals surface area contributed by atoms with Crippen molar-refractivity contribution in [2.24, 2.45) is 17.8 Å². The third kappa shape index (κ3) is 3.52. The number of rotatable bonds is 8. The quantitative estimate of drug-likeness (QED) is 0.548. The molecule has 3 aliphatic heterocycles. The Morgan fingerprint density at radius 2 is 1.97 bits per heavy atom. The zero-order chi connectivity index (χ0) is 23.0. The van der Waals surface area contributed by atoms with Gasteiger partial charge in [-0.2, -0.15) is 0 Å². The van der Waals surface area contributed by atoms with E-state index in [1.54, 1.807) is 23.6 Å². The molecule has 1 aromatic carbocycles. The lowest BCUT2D eigenvalue weighted by molar-refractivity contribution is -0.142. The molecule has 174 valence electrons. The van der Waals surface area contributed by atoms with E-state index in [0.29, 0.717) is 13.1 Å². The Balaban J connectivity index is 1.67. The highest BCUT2D eigenvalue weighted by atomic mass is 32.2. The zero-order valence-electron chi connectivity index (χ0n) is 18.9. The van der Waals surface area contributed by atoms with Gasteiger partial charge in [0.05, 0.1) is 29.2 Å². The van der Waals surface area contributed by atoms with E-state index in [-0.39, 0.29) is 35.5 Å². The minimum Gasteiger partial charge on any atom is -0.394 e. The first-order valence-corrected chi connectivity index (χ1v) is 12.4. The first-order valence-electron chi connectivity index (χ1n) is 11.6. The number of nitrogens with zero attached hydrogens (tertiary/aromatic N) is 1. The van der Waals surface area contributed by atoms with Crippen molar-refractivity contribution in [2.75, 3.05) is 13.2 Å². The molecule has 3 heterocycles. The van der Waals surface area contributed by atoms with E-state index in [1.165, 1.54) is 0 Å². The fraction of sp³-hybridized carbons (Fsp3) is 0.625. The molecule has 0 saturated carbocycles. The summed E-state index contributed by atoms with van der Waals surface area (Å²) in [6, 6.07) is 8.45. The number of thioether (sulfide) groups is 1. The molecule has 0 aromatic heterocycles. The second kappa shape index (κ2) is 9.06.